The molecule has 5 heteroatoms. The van der Waals surface area contributed by atoms with E-state index in [1.807, 2.05) is 18.2 Å². The van der Waals surface area contributed by atoms with Crippen LogP contribution in [0.2, 0.25) is 0 Å². The number of likely N-dealkylation sites (tertiary alicyclic amines) is 1. The van der Waals surface area contributed by atoms with Crippen LogP contribution in [-0.2, 0) is 16.1 Å². The van der Waals surface area contributed by atoms with Gasteiger partial charge in [0.25, 0.3) is 0 Å². The summed E-state index contributed by atoms with van der Waals surface area (Å²) < 4.78 is 11.1. The molecular weight excluding hydrogens is 322 g/mol. The molecule has 1 atom stereocenters. The van der Waals surface area contributed by atoms with Gasteiger partial charge < -0.3 is 9.47 Å². The van der Waals surface area contributed by atoms with Gasteiger partial charge in [-0.3, -0.25) is 9.69 Å². The first-order valence-corrected chi connectivity index (χ1v) is 7.59. The van der Waals surface area contributed by atoms with E-state index in [0.717, 1.165) is 48.1 Å². The minimum Gasteiger partial charge on any atom is -0.496 e. The van der Waals surface area contributed by atoms with E-state index in [1.165, 1.54) is 7.11 Å². The van der Waals surface area contributed by atoms with Crippen molar-refractivity contribution in [3.05, 3.63) is 28.2 Å². The molecule has 1 aromatic rings. The number of carbonyl (C=O) groups excluding carboxylic acids is 1. The number of rotatable bonds is 4. The second-order valence-electron chi connectivity index (χ2n) is 4.97. The predicted molar refractivity (Wildman–Crippen MR) is 80.8 cm³/mol. The number of esters is 1. The molecule has 0 spiro atoms. The molecule has 1 aliphatic heterocycles. The normalized spacial score (nSPS) is 19.6. The summed E-state index contributed by atoms with van der Waals surface area (Å²) in [5.74, 6) is 0.689. The van der Waals surface area contributed by atoms with Crippen LogP contribution in [0.5, 0.6) is 5.75 Å². The van der Waals surface area contributed by atoms with Crippen LogP contribution in [0.15, 0.2) is 22.7 Å². The lowest BCUT2D eigenvalue weighted by atomic mass is 10.0. The second kappa shape index (κ2) is 7.09. The third kappa shape index (κ3) is 3.52. The zero-order valence-electron chi connectivity index (χ0n) is 11.9. The maximum Gasteiger partial charge on any atom is 0.323 e. The minimum absolute atomic E-state index is 0.116. The van der Waals surface area contributed by atoms with Gasteiger partial charge in [0.1, 0.15) is 11.8 Å². The lowest BCUT2D eigenvalue weighted by molar-refractivity contribution is -0.148. The number of halogens is 1. The van der Waals surface area contributed by atoms with Crippen molar-refractivity contribution in [1.82, 2.24) is 4.90 Å². The van der Waals surface area contributed by atoms with Crippen LogP contribution >= 0.6 is 15.9 Å². The fourth-order valence-corrected chi connectivity index (χ4v) is 3.21. The highest BCUT2D eigenvalue weighted by Crippen LogP contribution is 2.27. The van der Waals surface area contributed by atoms with Gasteiger partial charge in [0.15, 0.2) is 0 Å². The summed E-state index contributed by atoms with van der Waals surface area (Å²) in [6, 6.07) is 5.90. The third-order valence-corrected chi connectivity index (χ3v) is 4.31. The van der Waals surface area contributed by atoms with Crippen molar-refractivity contribution in [1.29, 1.82) is 0 Å². The Hall–Kier alpha value is -1.07. The molecule has 1 heterocycles. The van der Waals surface area contributed by atoms with E-state index in [1.54, 1.807) is 7.11 Å². The summed E-state index contributed by atoms with van der Waals surface area (Å²) in [4.78, 5) is 14.0. The molecule has 0 amide bonds. The molecule has 0 saturated carbocycles. The first-order chi connectivity index (χ1) is 9.65. The third-order valence-electron chi connectivity index (χ3n) is 3.69. The Labute approximate surface area is 128 Å². The van der Waals surface area contributed by atoms with E-state index >= 15 is 0 Å². The number of nitrogens with zero attached hydrogens (tertiary/aromatic N) is 1. The molecule has 1 fully saturated rings. The Bertz CT molecular complexity index is 478. The highest BCUT2D eigenvalue weighted by molar-refractivity contribution is 9.10. The summed E-state index contributed by atoms with van der Waals surface area (Å²) in [6.07, 6.45) is 3.09. The van der Waals surface area contributed by atoms with E-state index in [9.17, 15) is 4.79 Å². The molecule has 0 N–H and O–H groups in total. The molecule has 0 radical (unpaired) electrons. The van der Waals surface area contributed by atoms with Crippen molar-refractivity contribution in [3.8, 4) is 5.75 Å². The van der Waals surface area contributed by atoms with E-state index in [4.69, 9.17) is 9.47 Å². The van der Waals surface area contributed by atoms with E-state index in [2.05, 4.69) is 20.8 Å². The molecule has 0 aliphatic carbocycles. The zero-order valence-corrected chi connectivity index (χ0v) is 13.5. The molecular formula is C15H20BrNO3. The Morgan fingerprint density at radius 2 is 2.20 bits per heavy atom. The van der Waals surface area contributed by atoms with Crippen LogP contribution in [0.3, 0.4) is 0 Å². The molecule has 20 heavy (non-hydrogen) atoms. The first kappa shape index (κ1) is 15.3. The van der Waals surface area contributed by atoms with Gasteiger partial charge in [-0.2, -0.15) is 0 Å². The highest BCUT2D eigenvalue weighted by atomic mass is 79.9. The summed E-state index contributed by atoms with van der Waals surface area (Å²) in [7, 11) is 3.11. The van der Waals surface area contributed by atoms with Gasteiger partial charge in [0.05, 0.1) is 18.7 Å². The zero-order chi connectivity index (χ0) is 14.5. The Kier molecular flexibility index (Phi) is 5.43. The molecule has 2 rings (SSSR count). The summed E-state index contributed by atoms with van der Waals surface area (Å²) >= 11 is 3.49. The van der Waals surface area contributed by atoms with Gasteiger partial charge >= 0.3 is 5.97 Å². The largest absolute Gasteiger partial charge is 0.496 e. The molecule has 110 valence electrons. The van der Waals surface area contributed by atoms with Crippen molar-refractivity contribution >= 4 is 21.9 Å². The molecule has 1 unspecified atom stereocenters. The van der Waals surface area contributed by atoms with E-state index in [-0.39, 0.29) is 12.0 Å². The Morgan fingerprint density at radius 1 is 1.40 bits per heavy atom. The number of carbonyl (C=O) groups is 1. The standard InChI is InChI=1S/C15H20BrNO3/c1-19-14-7-6-11(9-12(14)16)10-17-8-4-3-5-13(17)15(18)20-2/h6-7,9,13H,3-5,8,10H2,1-2H3. The van der Waals surface area contributed by atoms with Crippen molar-refractivity contribution in [2.24, 2.45) is 0 Å². The summed E-state index contributed by atoms with van der Waals surface area (Å²) in [6.45, 7) is 1.69. The molecule has 0 aromatic heterocycles. The number of piperidine rings is 1. The van der Waals surface area contributed by atoms with Crippen molar-refractivity contribution in [2.75, 3.05) is 20.8 Å². The molecule has 1 aromatic carbocycles. The number of hydrogen-bond acceptors (Lipinski definition) is 4. The van der Waals surface area contributed by atoms with Gasteiger partial charge in [-0.25, -0.2) is 0 Å². The van der Waals surface area contributed by atoms with Gasteiger partial charge in [0, 0.05) is 6.54 Å². The van der Waals surface area contributed by atoms with Gasteiger partial charge in [-0.15, -0.1) is 0 Å². The first-order valence-electron chi connectivity index (χ1n) is 6.80. The van der Waals surface area contributed by atoms with Gasteiger partial charge in [-0.1, -0.05) is 12.5 Å². The smallest absolute Gasteiger partial charge is 0.323 e. The lowest BCUT2D eigenvalue weighted by Gasteiger charge is -2.33. The number of hydrogen-bond donors (Lipinski definition) is 0. The fourth-order valence-electron chi connectivity index (χ4n) is 2.63. The lowest BCUT2D eigenvalue weighted by Crippen LogP contribution is -2.44. The average molecular weight is 342 g/mol. The Morgan fingerprint density at radius 3 is 2.85 bits per heavy atom. The van der Waals surface area contributed by atoms with Crippen LogP contribution in [0, 0.1) is 0 Å². The van der Waals surface area contributed by atoms with Crippen LogP contribution in [0.25, 0.3) is 0 Å². The topological polar surface area (TPSA) is 38.8 Å². The van der Waals surface area contributed by atoms with Gasteiger partial charge in [0.2, 0.25) is 0 Å². The van der Waals surface area contributed by atoms with Crippen LogP contribution < -0.4 is 4.74 Å². The number of ether oxygens (including phenoxy) is 2. The highest BCUT2D eigenvalue weighted by Gasteiger charge is 2.29. The molecule has 1 saturated heterocycles. The van der Waals surface area contributed by atoms with Crippen LogP contribution in [-0.4, -0.2) is 37.7 Å². The summed E-state index contributed by atoms with van der Waals surface area (Å²) in [5.41, 5.74) is 1.16. The summed E-state index contributed by atoms with van der Waals surface area (Å²) in [5, 5.41) is 0. The number of methoxy groups -OCH3 is 2. The van der Waals surface area contributed by atoms with Crippen molar-refractivity contribution < 1.29 is 14.3 Å². The van der Waals surface area contributed by atoms with Crippen LogP contribution in [0.1, 0.15) is 24.8 Å². The average Bonchev–Trinajstić information content (AvgIpc) is 2.47. The van der Waals surface area contributed by atoms with E-state index < -0.39 is 0 Å². The number of benzene rings is 1. The van der Waals surface area contributed by atoms with E-state index in [0.29, 0.717) is 0 Å². The SMILES string of the molecule is COC(=O)C1CCCCN1Cc1ccc(OC)c(Br)c1. The molecule has 0 bridgehead atoms. The monoisotopic (exact) mass is 341 g/mol. The Balaban J connectivity index is 2.10. The minimum atomic E-state index is -0.128. The fraction of sp³-hybridized carbons (Fsp3) is 0.533. The molecule has 4 nitrogen and oxygen atoms in total. The maximum absolute atomic E-state index is 11.8. The van der Waals surface area contributed by atoms with Crippen molar-refractivity contribution in [3.63, 3.8) is 0 Å². The predicted octanol–water partition coefficient (Wildman–Crippen LogP) is 2.99. The van der Waals surface area contributed by atoms with Crippen LogP contribution in [0.4, 0.5) is 0 Å². The van der Waals surface area contributed by atoms with Crippen molar-refractivity contribution in [2.45, 2.75) is 31.8 Å². The molecule has 1 aliphatic rings. The quantitative estimate of drug-likeness (QED) is 0.789. The maximum atomic E-state index is 11.8. The van der Waals surface area contributed by atoms with Gasteiger partial charge in [-0.05, 0) is 53.0 Å². The second-order valence-corrected chi connectivity index (χ2v) is 5.83.